The fraction of sp³-hybridized carbons (Fsp3) is 0.588. The summed E-state index contributed by atoms with van der Waals surface area (Å²) in [6.07, 6.45) is -4.02. The van der Waals surface area contributed by atoms with Crippen molar-refractivity contribution in [3.63, 3.8) is 0 Å². The summed E-state index contributed by atoms with van der Waals surface area (Å²) >= 11 is 0. The highest BCUT2D eigenvalue weighted by atomic mass is 19.4. The number of hydrogen-bond acceptors (Lipinski definition) is 3. The van der Waals surface area contributed by atoms with Crippen LogP contribution in [0.25, 0.3) is 0 Å². The van der Waals surface area contributed by atoms with Crippen molar-refractivity contribution in [3.8, 4) is 0 Å². The highest BCUT2D eigenvalue weighted by molar-refractivity contribution is 5.65. The number of rotatable bonds is 4. The molecule has 2 saturated heterocycles. The summed E-state index contributed by atoms with van der Waals surface area (Å²) in [5.41, 5.74) is -0.414. The van der Waals surface area contributed by atoms with E-state index in [1.165, 1.54) is 17.0 Å². The van der Waals surface area contributed by atoms with Crippen LogP contribution >= 0.6 is 0 Å². The molecule has 2 heterocycles. The van der Waals surface area contributed by atoms with Crippen LogP contribution in [0.4, 0.5) is 18.0 Å². The average Bonchev–Trinajstić information content (AvgIpc) is 3.24. The third kappa shape index (κ3) is 4.07. The van der Waals surface area contributed by atoms with Crippen molar-refractivity contribution in [2.75, 3.05) is 26.3 Å². The molecule has 0 aliphatic carbocycles. The van der Waals surface area contributed by atoms with Gasteiger partial charge >= 0.3 is 12.3 Å². The molecule has 2 atom stereocenters. The van der Waals surface area contributed by atoms with Crippen LogP contribution in [0.3, 0.4) is 0 Å². The number of carbonyl (C=O) groups is 1. The molecule has 8 heteroatoms. The van der Waals surface area contributed by atoms with E-state index in [1.54, 1.807) is 6.07 Å². The summed E-state index contributed by atoms with van der Waals surface area (Å²) in [5, 5.41) is 9.15. The van der Waals surface area contributed by atoms with Gasteiger partial charge in [-0.15, -0.1) is 0 Å². The maximum absolute atomic E-state index is 13.3. The molecule has 1 aromatic rings. The molecule has 1 amide bonds. The maximum Gasteiger partial charge on any atom is 0.416 e. The zero-order valence-electron chi connectivity index (χ0n) is 13.7. The summed E-state index contributed by atoms with van der Waals surface area (Å²) in [4.78, 5) is 14.5. The molecule has 5 nitrogen and oxygen atoms in total. The van der Waals surface area contributed by atoms with Gasteiger partial charge in [-0.05, 0) is 24.5 Å². The Morgan fingerprint density at radius 2 is 2.04 bits per heavy atom. The summed E-state index contributed by atoms with van der Waals surface area (Å²) < 4.78 is 45.3. The second-order valence-corrected chi connectivity index (χ2v) is 6.52. The standard InChI is InChI=1S/C17H21F3N2O3/c18-17(19,20)15-4-2-1-3-12(15)9-22(14-6-8-25-11-14)13-5-7-21(10-13)16(23)24/h1-4,13-14H,5-11H2,(H,23,24)/t13-,14-/m1/s1. The van der Waals surface area contributed by atoms with Crippen LogP contribution in [0.15, 0.2) is 24.3 Å². The quantitative estimate of drug-likeness (QED) is 0.899. The number of halogens is 3. The molecule has 0 unspecified atom stereocenters. The molecule has 1 N–H and O–H groups in total. The van der Waals surface area contributed by atoms with E-state index >= 15 is 0 Å². The zero-order chi connectivity index (χ0) is 18.0. The van der Waals surface area contributed by atoms with E-state index in [0.29, 0.717) is 32.7 Å². The lowest BCUT2D eigenvalue weighted by Gasteiger charge is -2.34. The molecule has 0 radical (unpaired) electrons. The molecule has 0 aromatic heterocycles. The Morgan fingerprint density at radius 3 is 2.64 bits per heavy atom. The first kappa shape index (κ1) is 18.0. The van der Waals surface area contributed by atoms with Crippen molar-refractivity contribution in [1.82, 2.24) is 9.80 Å². The minimum absolute atomic E-state index is 0.0139. The van der Waals surface area contributed by atoms with Gasteiger partial charge in [0.15, 0.2) is 0 Å². The highest BCUT2D eigenvalue weighted by Gasteiger charge is 2.38. The monoisotopic (exact) mass is 358 g/mol. The van der Waals surface area contributed by atoms with Gasteiger partial charge in [-0.1, -0.05) is 18.2 Å². The molecule has 138 valence electrons. The number of carboxylic acid groups (broad SMARTS) is 1. The molecule has 3 rings (SSSR count). The Morgan fingerprint density at radius 1 is 1.28 bits per heavy atom. The number of benzene rings is 1. The topological polar surface area (TPSA) is 53.0 Å². The fourth-order valence-corrected chi connectivity index (χ4v) is 3.66. The molecule has 2 fully saturated rings. The van der Waals surface area contributed by atoms with Crippen LogP contribution in [-0.2, 0) is 17.5 Å². The second kappa shape index (κ2) is 7.21. The number of hydrogen-bond donors (Lipinski definition) is 1. The van der Waals surface area contributed by atoms with Gasteiger partial charge in [0.25, 0.3) is 0 Å². The number of alkyl halides is 3. The van der Waals surface area contributed by atoms with E-state index in [9.17, 15) is 18.0 Å². The van der Waals surface area contributed by atoms with E-state index < -0.39 is 17.8 Å². The first-order valence-corrected chi connectivity index (χ1v) is 8.32. The lowest BCUT2D eigenvalue weighted by Crippen LogP contribution is -2.45. The van der Waals surface area contributed by atoms with E-state index in [1.807, 2.05) is 4.90 Å². The molecule has 2 aliphatic rings. The van der Waals surface area contributed by atoms with Gasteiger partial charge < -0.3 is 14.7 Å². The first-order chi connectivity index (χ1) is 11.9. The van der Waals surface area contributed by atoms with Gasteiger partial charge in [0.1, 0.15) is 0 Å². The molecule has 25 heavy (non-hydrogen) atoms. The minimum atomic E-state index is -4.41. The van der Waals surface area contributed by atoms with Crippen LogP contribution in [0, 0.1) is 0 Å². The summed E-state index contributed by atoms with van der Waals surface area (Å²) in [6, 6.07) is 5.50. The Balaban J connectivity index is 1.83. The van der Waals surface area contributed by atoms with Gasteiger partial charge in [0.2, 0.25) is 0 Å². The summed E-state index contributed by atoms with van der Waals surface area (Å²) in [5.74, 6) is 0. The van der Waals surface area contributed by atoms with Crippen LogP contribution in [0.5, 0.6) is 0 Å². The summed E-state index contributed by atoms with van der Waals surface area (Å²) in [6.45, 7) is 1.92. The predicted molar refractivity (Wildman–Crippen MR) is 84.2 cm³/mol. The lowest BCUT2D eigenvalue weighted by molar-refractivity contribution is -0.138. The van der Waals surface area contributed by atoms with E-state index in [2.05, 4.69) is 0 Å². The smallest absolute Gasteiger partial charge is 0.416 e. The minimum Gasteiger partial charge on any atom is -0.465 e. The molecular weight excluding hydrogens is 337 g/mol. The normalized spacial score (nSPS) is 24.2. The highest BCUT2D eigenvalue weighted by Crippen LogP contribution is 2.34. The molecule has 0 saturated carbocycles. The van der Waals surface area contributed by atoms with Crippen molar-refractivity contribution in [1.29, 1.82) is 0 Å². The SMILES string of the molecule is O=C(O)N1CC[C@@H](N(Cc2ccccc2C(F)(F)F)[C@@H]2CCOC2)C1. The number of amides is 1. The summed E-state index contributed by atoms with van der Waals surface area (Å²) in [7, 11) is 0. The van der Waals surface area contributed by atoms with Gasteiger partial charge in [-0.2, -0.15) is 13.2 Å². The third-order valence-electron chi connectivity index (χ3n) is 4.95. The molecule has 0 bridgehead atoms. The van der Waals surface area contributed by atoms with Crippen molar-refractivity contribution in [2.24, 2.45) is 0 Å². The van der Waals surface area contributed by atoms with Gasteiger partial charge in [0.05, 0.1) is 12.2 Å². The van der Waals surface area contributed by atoms with Crippen LogP contribution in [-0.4, -0.2) is 59.4 Å². The van der Waals surface area contributed by atoms with Crippen LogP contribution < -0.4 is 0 Å². The number of nitrogens with zero attached hydrogens (tertiary/aromatic N) is 2. The predicted octanol–water partition coefficient (Wildman–Crippen LogP) is 3.05. The Labute approximate surface area is 144 Å². The largest absolute Gasteiger partial charge is 0.465 e. The molecule has 0 spiro atoms. The molecule has 1 aromatic carbocycles. The fourth-order valence-electron chi connectivity index (χ4n) is 3.66. The van der Waals surface area contributed by atoms with Crippen molar-refractivity contribution < 1.29 is 27.8 Å². The van der Waals surface area contributed by atoms with E-state index in [-0.39, 0.29) is 24.2 Å². The molecular formula is C17H21F3N2O3. The van der Waals surface area contributed by atoms with E-state index in [0.717, 1.165) is 12.5 Å². The van der Waals surface area contributed by atoms with Crippen molar-refractivity contribution in [2.45, 2.75) is 37.6 Å². The first-order valence-electron chi connectivity index (χ1n) is 8.32. The van der Waals surface area contributed by atoms with Crippen LogP contribution in [0.1, 0.15) is 24.0 Å². The lowest BCUT2D eigenvalue weighted by atomic mass is 10.0. The van der Waals surface area contributed by atoms with E-state index in [4.69, 9.17) is 9.84 Å². The zero-order valence-corrected chi connectivity index (χ0v) is 13.7. The Hall–Kier alpha value is -1.80. The Bertz CT molecular complexity index is 617. The third-order valence-corrected chi connectivity index (χ3v) is 4.95. The maximum atomic E-state index is 13.3. The number of ether oxygens (including phenoxy) is 1. The van der Waals surface area contributed by atoms with Crippen molar-refractivity contribution >= 4 is 6.09 Å². The van der Waals surface area contributed by atoms with Gasteiger partial charge in [-0.3, -0.25) is 4.90 Å². The van der Waals surface area contributed by atoms with Crippen LogP contribution in [0.2, 0.25) is 0 Å². The molecule has 2 aliphatic heterocycles. The van der Waals surface area contributed by atoms with Gasteiger partial charge in [0, 0.05) is 38.3 Å². The average molecular weight is 358 g/mol. The Kier molecular flexibility index (Phi) is 5.19. The van der Waals surface area contributed by atoms with Gasteiger partial charge in [-0.25, -0.2) is 4.79 Å². The number of likely N-dealkylation sites (tertiary alicyclic amines) is 1. The second-order valence-electron chi connectivity index (χ2n) is 6.52. The van der Waals surface area contributed by atoms with Crippen molar-refractivity contribution in [3.05, 3.63) is 35.4 Å².